The second-order valence-corrected chi connectivity index (χ2v) is 3.56. The molecule has 0 fully saturated rings. The minimum Gasteiger partial charge on any atom is -0.450 e. The smallest absolute Gasteiger partial charge is 0.450 e. The Kier molecular flexibility index (Phi) is 2.52. The van der Waals surface area contributed by atoms with Crippen LogP contribution < -0.4 is 0 Å². The van der Waals surface area contributed by atoms with E-state index >= 15 is 0 Å². The molecule has 1 N–H and O–H groups in total. The summed E-state index contributed by atoms with van der Waals surface area (Å²) in [4.78, 5) is 10.5. The van der Waals surface area contributed by atoms with Crippen molar-refractivity contribution in [2.75, 3.05) is 0 Å². The summed E-state index contributed by atoms with van der Waals surface area (Å²) in [6, 6.07) is 5.64. The fourth-order valence-electron chi connectivity index (χ4n) is 1.85. The number of aromatic nitrogens is 2. The molecule has 2 aromatic heterocycles. The molecule has 5 heteroatoms. The van der Waals surface area contributed by atoms with Crippen LogP contribution in [0.5, 0.6) is 0 Å². The molecule has 0 spiro atoms. The van der Waals surface area contributed by atoms with Gasteiger partial charge in [-0.15, -0.1) is 0 Å². The van der Waals surface area contributed by atoms with Crippen LogP contribution in [-0.2, 0) is 4.74 Å². The van der Waals surface area contributed by atoms with Crippen molar-refractivity contribution < 1.29 is 14.6 Å². The first-order valence-corrected chi connectivity index (χ1v) is 4.93. The summed E-state index contributed by atoms with van der Waals surface area (Å²) in [5.74, 6) is 0. The number of nitrogens with zero attached hydrogens (tertiary/aromatic N) is 2. The largest absolute Gasteiger partial charge is 0.506 e. The zero-order valence-electron chi connectivity index (χ0n) is 9.04. The molecule has 1 atom stereocenters. The highest BCUT2D eigenvalue weighted by Gasteiger charge is 2.18. The number of fused-ring (bicyclic) bond motifs is 1. The van der Waals surface area contributed by atoms with E-state index in [4.69, 9.17) is 9.84 Å². The van der Waals surface area contributed by atoms with Crippen molar-refractivity contribution in [2.45, 2.75) is 20.0 Å². The van der Waals surface area contributed by atoms with Crippen LogP contribution in [0.15, 0.2) is 24.4 Å². The molecule has 2 aromatic rings. The highest BCUT2D eigenvalue weighted by Crippen LogP contribution is 2.25. The Morgan fingerprint density at radius 2 is 2.31 bits per heavy atom. The number of carboxylic acid groups (broad SMARTS) is 1. The van der Waals surface area contributed by atoms with Crippen LogP contribution in [0.1, 0.15) is 24.3 Å². The fraction of sp³-hybridized carbons (Fsp3) is 0.273. The quantitative estimate of drug-likeness (QED) is 0.789. The average molecular weight is 220 g/mol. The van der Waals surface area contributed by atoms with Crippen molar-refractivity contribution >= 4 is 11.7 Å². The Balaban J connectivity index is 2.50. The van der Waals surface area contributed by atoms with E-state index in [0.29, 0.717) is 0 Å². The van der Waals surface area contributed by atoms with Gasteiger partial charge in [0.1, 0.15) is 6.10 Å². The standard InChI is InChI=1S/C11H12N2O3/c1-7-10(8(2)16-11(14)15)9-5-3-4-6-13(9)12-7/h3-6,8H,1-2H3,(H,14,15). The van der Waals surface area contributed by atoms with Gasteiger partial charge in [0.15, 0.2) is 0 Å². The maximum atomic E-state index is 10.5. The van der Waals surface area contributed by atoms with E-state index in [1.54, 1.807) is 11.4 Å². The Labute approximate surface area is 92.3 Å². The van der Waals surface area contributed by atoms with Crippen LogP contribution in [0.2, 0.25) is 0 Å². The van der Waals surface area contributed by atoms with Crippen molar-refractivity contribution in [1.29, 1.82) is 0 Å². The highest BCUT2D eigenvalue weighted by atomic mass is 16.7. The Hall–Kier alpha value is -2.04. The lowest BCUT2D eigenvalue weighted by molar-refractivity contribution is 0.0590. The molecule has 5 nitrogen and oxygen atoms in total. The molecule has 0 saturated carbocycles. The monoisotopic (exact) mass is 220 g/mol. The molecular weight excluding hydrogens is 208 g/mol. The summed E-state index contributed by atoms with van der Waals surface area (Å²) in [5.41, 5.74) is 2.46. The topological polar surface area (TPSA) is 63.8 Å². The summed E-state index contributed by atoms with van der Waals surface area (Å²) in [7, 11) is 0. The van der Waals surface area contributed by atoms with Gasteiger partial charge in [-0.3, -0.25) is 0 Å². The van der Waals surface area contributed by atoms with Gasteiger partial charge in [-0.05, 0) is 26.0 Å². The first-order chi connectivity index (χ1) is 7.59. The Morgan fingerprint density at radius 1 is 1.56 bits per heavy atom. The summed E-state index contributed by atoms with van der Waals surface area (Å²) < 4.78 is 6.46. The van der Waals surface area contributed by atoms with Crippen molar-refractivity contribution in [2.24, 2.45) is 0 Å². The van der Waals surface area contributed by atoms with Gasteiger partial charge in [-0.2, -0.15) is 5.10 Å². The zero-order chi connectivity index (χ0) is 11.7. The normalized spacial score (nSPS) is 12.6. The molecule has 0 saturated heterocycles. The van der Waals surface area contributed by atoms with Crippen LogP contribution in [-0.4, -0.2) is 20.9 Å². The number of hydrogen-bond donors (Lipinski definition) is 1. The van der Waals surface area contributed by atoms with E-state index in [2.05, 4.69) is 5.10 Å². The molecule has 1 unspecified atom stereocenters. The van der Waals surface area contributed by atoms with Gasteiger partial charge in [0.05, 0.1) is 11.2 Å². The van der Waals surface area contributed by atoms with Crippen molar-refractivity contribution in [3.8, 4) is 0 Å². The van der Waals surface area contributed by atoms with E-state index in [1.165, 1.54) is 0 Å². The lowest BCUT2D eigenvalue weighted by atomic mass is 10.1. The third-order valence-corrected chi connectivity index (χ3v) is 2.45. The first kappa shape index (κ1) is 10.5. The first-order valence-electron chi connectivity index (χ1n) is 4.93. The van der Waals surface area contributed by atoms with E-state index in [0.717, 1.165) is 16.8 Å². The molecule has 84 valence electrons. The van der Waals surface area contributed by atoms with Gasteiger partial charge in [0, 0.05) is 11.8 Å². The minimum absolute atomic E-state index is 0.516. The molecule has 0 aliphatic carbocycles. The average Bonchev–Trinajstić information content (AvgIpc) is 2.52. The number of aryl methyl sites for hydroxylation is 1. The van der Waals surface area contributed by atoms with E-state index < -0.39 is 12.3 Å². The molecule has 0 aliphatic rings. The minimum atomic E-state index is -1.28. The molecule has 0 radical (unpaired) electrons. The highest BCUT2D eigenvalue weighted by molar-refractivity contribution is 5.61. The summed E-state index contributed by atoms with van der Waals surface area (Å²) in [6.07, 6.45) is 0.0267. The molecular formula is C11H12N2O3. The number of pyridine rings is 1. The maximum Gasteiger partial charge on any atom is 0.506 e. The lowest BCUT2D eigenvalue weighted by Crippen LogP contribution is -2.06. The Morgan fingerprint density at radius 3 is 3.00 bits per heavy atom. The summed E-state index contributed by atoms with van der Waals surface area (Å²) >= 11 is 0. The van der Waals surface area contributed by atoms with Gasteiger partial charge in [0.25, 0.3) is 0 Å². The maximum absolute atomic E-state index is 10.5. The van der Waals surface area contributed by atoms with E-state index in [9.17, 15) is 4.79 Å². The lowest BCUT2D eigenvalue weighted by Gasteiger charge is -2.09. The second-order valence-electron chi connectivity index (χ2n) is 3.56. The molecule has 0 amide bonds. The molecule has 0 bridgehead atoms. The van der Waals surface area contributed by atoms with Gasteiger partial charge < -0.3 is 9.84 Å². The van der Waals surface area contributed by atoms with E-state index in [-0.39, 0.29) is 0 Å². The van der Waals surface area contributed by atoms with Crippen LogP contribution in [0.25, 0.3) is 5.52 Å². The number of ether oxygens (including phenoxy) is 1. The molecule has 2 heterocycles. The summed E-state index contributed by atoms with van der Waals surface area (Å²) in [5, 5.41) is 12.9. The molecule has 0 aromatic carbocycles. The van der Waals surface area contributed by atoms with Gasteiger partial charge in [0.2, 0.25) is 0 Å². The van der Waals surface area contributed by atoms with Crippen molar-refractivity contribution in [3.63, 3.8) is 0 Å². The molecule has 16 heavy (non-hydrogen) atoms. The molecule has 2 rings (SSSR count). The number of hydrogen-bond acceptors (Lipinski definition) is 3. The van der Waals surface area contributed by atoms with Crippen LogP contribution in [0.4, 0.5) is 4.79 Å². The third kappa shape index (κ3) is 1.71. The van der Waals surface area contributed by atoms with Gasteiger partial charge >= 0.3 is 6.16 Å². The fourth-order valence-corrected chi connectivity index (χ4v) is 1.85. The SMILES string of the molecule is Cc1nn2ccccc2c1C(C)OC(=O)O. The van der Waals surface area contributed by atoms with E-state index in [1.807, 2.05) is 31.3 Å². The second kappa shape index (κ2) is 3.84. The van der Waals surface area contributed by atoms with Gasteiger partial charge in [-0.1, -0.05) is 6.07 Å². The van der Waals surface area contributed by atoms with Crippen molar-refractivity contribution in [3.05, 3.63) is 35.7 Å². The van der Waals surface area contributed by atoms with Crippen molar-refractivity contribution in [1.82, 2.24) is 9.61 Å². The number of rotatable bonds is 2. The van der Waals surface area contributed by atoms with Crippen LogP contribution in [0.3, 0.4) is 0 Å². The zero-order valence-corrected chi connectivity index (χ0v) is 9.04. The van der Waals surface area contributed by atoms with Crippen LogP contribution in [0, 0.1) is 6.92 Å². The third-order valence-electron chi connectivity index (χ3n) is 2.45. The predicted octanol–water partition coefficient (Wildman–Crippen LogP) is 2.40. The summed E-state index contributed by atoms with van der Waals surface area (Å²) in [6.45, 7) is 3.54. The predicted molar refractivity (Wildman–Crippen MR) is 57.5 cm³/mol. The number of carbonyl (C=O) groups is 1. The van der Waals surface area contributed by atoms with Gasteiger partial charge in [-0.25, -0.2) is 9.31 Å². The molecule has 0 aliphatic heterocycles. The Bertz CT molecular complexity index is 533. The van der Waals surface area contributed by atoms with Crippen LogP contribution >= 0.6 is 0 Å².